The van der Waals surface area contributed by atoms with E-state index < -0.39 is 24.5 Å². The van der Waals surface area contributed by atoms with Gasteiger partial charge in [-0.15, -0.1) is 0 Å². The van der Waals surface area contributed by atoms with E-state index >= 15 is 0 Å². The van der Waals surface area contributed by atoms with Crippen LogP contribution in [0, 0.1) is 0 Å². The number of rotatable bonds is 6. The molecule has 0 unspecified atom stereocenters. The Labute approximate surface area is 125 Å². The molecule has 1 rings (SSSR count). The number of aliphatic carboxylic acids is 1. The molecule has 114 valence electrons. The van der Waals surface area contributed by atoms with Gasteiger partial charge < -0.3 is 25.8 Å². The minimum Gasteiger partial charge on any atom is -0.495 e. The summed E-state index contributed by atoms with van der Waals surface area (Å²) in [5.41, 5.74) is 0.341. The Balaban J connectivity index is 2.49. The number of benzene rings is 1. The average Bonchev–Trinajstić information content (AvgIpc) is 2.43. The first-order valence-corrected chi connectivity index (χ1v) is 6.17. The van der Waals surface area contributed by atoms with Crippen LogP contribution in [0.3, 0.4) is 0 Å². The first-order valence-electron chi connectivity index (χ1n) is 5.79. The summed E-state index contributed by atoms with van der Waals surface area (Å²) in [6.45, 7) is -0.869. The monoisotopic (exact) mass is 315 g/mol. The average molecular weight is 316 g/mol. The molecule has 0 fully saturated rings. The number of carboxylic acids is 1. The van der Waals surface area contributed by atoms with Crippen LogP contribution in [-0.4, -0.2) is 43.2 Å². The van der Waals surface area contributed by atoms with Gasteiger partial charge >= 0.3 is 12.0 Å². The van der Waals surface area contributed by atoms with Crippen LogP contribution in [0.5, 0.6) is 5.75 Å². The van der Waals surface area contributed by atoms with Crippen LogP contribution in [0.2, 0.25) is 5.02 Å². The predicted octanol–water partition coefficient (Wildman–Crippen LogP) is 0.671. The maximum Gasteiger partial charge on any atom is 0.322 e. The predicted molar refractivity (Wildman–Crippen MR) is 75.7 cm³/mol. The molecule has 0 atom stereocenters. The molecule has 21 heavy (non-hydrogen) atoms. The second kappa shape index (κ2) is 7.95. The van der Waals surface area contributed by atoms with E-state index in [2.05, 4.69) is 16.0 Å². The highest BCUT2D eigenvalue weighted by molar-refractivity contribution is 6.31. The van der Waals surface area contributed by atoms with Crippen molar-refractivity contribution in [3.05, 3.63) is 23.2 Å². The van der Waals surface area contributed by atoms with Crippen molar-refractivity contribution in [3.8, 4) is 5.75 Å². The fourth-order valence-electron chi connectivity index (χ4n) is 1.34. The van der Waals surface area contributed by atoms with Crippen molar-refractivity contribution in [3.63, 3.8) is 0 Å². The molecule has 4 N–H and O–H groups in total. The van der Waals surface area contributed by atoms with Crippen LogP contribution in [0.1, 0.15) is 0 Å². The van der Waals surface area contributed by atoms with Gasteiger partial charge in [0.1, 0.15) is 12.3 Å². The summed E-state index contributed by atoms with van der Waals surface area (Å²) in [5.74, 6) is -1.38. The number of halogens is 1. The van der Waals surface area contributed by atoms with Gasteiger partial charge in [0.25, 0.3) is 0 Å². The van der Waals surface area contributed by atoms with Crippen LogP contribution in [0.15, 0.2) is 18.2 Å². The highest BCUT2D eigenvalue weighted by Crippen LogP contribution is 2.27. The molecule has 0 saturated heterocycles. The minimum atomic E-state index is -1.17. The maximum absolute atomic E-state index is 11.6. The number of hydrogen-bond acceptors (Lipinski definition) is 4. The Morgan fingerprint density at radius 3 is 2.57 bits per heavy atom. The van der Waals surface area contributed by atoms with Gasteiger partial charge in [-0.2, -0.15) is 0 Å². The number of amides is 3. The van der Waals surface area contributed by atoms with Gasteiger partial charge in [0, 0.05) is 5.02 Å². The second-order valence-electron chi connectivity index (χ2n) is 3.82. The van der Waals surface area contributed by atoms with E-state index in [1.54, 1.807) is 12.1 Å². The molecule has 0 saturated carbocycles. The molecular weight excluding hydrogens is 302 g/mol. The maximum atomic E-state index is 11.6. The number of carboxylic acid groups (broad SMARTS) is 1. The van der Waals surface area contributed by atoms with Crippen molar-refractivity contribution in [1.82, 2.24) is 10.6 Å². The third-order valence-electron chi connectivity index (χ3n) is 2.26. The largest absolute Gasteiger partial charge is 0.495 e. The smallest absolute Gasteiger partial charge is 0.322 e. The highest BCUT2D eigenvalue weighted by atomic mass is 35.5. The summed E-state index contributed by atoms with van der Waals surface area (Å²) in [5, 5.41) is 15.6. The molecule has 1 aromatic carbocycles. The lowest BCUT2D eigenvalue weighted by Crippen LogP contribution is -2.40. The van der Waals surface area contributed by atoms with Gasteiger partial charge in [-0.05, 0) is 18.2 Å². The summed E-state index contributed by atoms with van der Waals surface area (Å²) in [6, 6.07) is 4.02. The zero-order chi connectivity index (χ0) is 15.8. The first kappa shape index (κ1) is 16.6. The normalized spacial score (nSPS) is 9.62. The number of urea groups is 1. The van der Waals surface area contributed by atoms with Crippen molar-refractivity contribution in [2.45, 2.75) is 0 Å². The van der Waals surface area contributed by atoms with Gasteiger partial charge in [0.05, 0.1) is 19.3 Å². The molecule has 0 bridgehead atoms. The summed E-state index contributed by atoms with van der Waals surface area (Å²) < 4.78 is 5.05. The highest BCUT2D eigenvalue weighted by Gasteiger charge is 2.10. The van der Waals surface area contributed by atoms with Crippen LogP contribution in [0.25, 0.3) is 0 Å². The number of carbonyl (C=O) groups is 3. The lowest BCUT2D eigenvalue weighted by atomic mass is 10.3. The van der Waals surface area contributed by atoms with Crippen LogP contribution in [-0.2, 0) is 9.59 Å². The van der Waals surface area contributed by atoms with Gasteiger partial charge in [0.15, 0.2) is 0 Å². The van der Waals surface area contributed by atoms with E-state index in [4.69, 9.17) is 21.4 Å². The fourth-order valence-corrected chi connectivity index (χ4v) is 1.51. The SMILES string of the molecule is COc1ccc(Cl)cc1NC(=O)NCC(=O)NCC(=O)O. The van der Waals surface area contributed by atoms with Crippen LogP contribution >= 0.6 is 11.6 Å². The third kappa shape index (κ3) is 6.00. The van der Waals surface area contributed by atoms with E-state index in [-0.39, 0.29) is 6.54 Å². The zero-order valence-electron chi connectivity index (χ0n) is 11.1. The number of methoxy groups -OCH3 is 1. The molecule has 0 aromatic heterocycles. The Hall–Kier alpha value is -2.48. The fraction of sp³-hybridized carbons (Fsp3) is 0.250. The van der Waals surface area contributed by atoms with Crippen molar-refractivity contribution >= 4 is 35.2 Å². The Morgan fingerprint density at radius 2 is 1.95 bits per heavy atom. The van der Waals surface area contributed by atoms with E-state index in [9.17, 15) is 14.4 Å². The van der Waals surface area contributed by atoms with Gasteiger partial charge in [-0.3, -0.25) is 9.59 Å². The topological polar surface area (TPSA) is 117 Å². The summed E-state index contributed by atoms with van der Waals surface area (Å²) in [7, 11) is 1.44. The molecule has 0 aliphatic rings. The van der Waals surface area contributed by atoms with Gasteiger partial charge in [0.2, 0.25) is 5.91 Å². The minimum absolute atomic E-state index is 0.341. The third-order valence-corrected chi connectivity index (χ3v) is 2.49. The van der Waals surface area contributed by atoms with Crippen molar-refractivity contribution in [2.75, 3.05) is 25.5 Å². The lowest BCUT2D eigenvalue weighted by Gasteiger charge is -2.11. The Bertz CT molecular complexity index is 550. The molecule has 3 amide bonds. The van der Waals surface area contributed by atoms with Gasteiger partial charge in [-0.1, -0.05) is 11.6 Å². The van der Waals surface area contributed by atoms with Crippen molar-refractivity contribution in [1.29, 1.82) is 0 Å². The molecule has 0 heterocycles. The Morgan fingerprint density at radius 1 is 1.24 bits per heavy atom. The van der Waals surface area contributed by atoms with Crippen LogP contribution in [0.4, 0.5) is 10.5 Å². The number of carbonyl (C=O) groups excluding carboxylic acids is 2. The Kier molecular flexibility index (Phi) is 6.28. The van der Waals surface area contributed by atoms with E-state index in [1.165, 1.54) is 13.2 Å². The van der Waals surface area contributed by atoms with E-state index in [0.29, 0.717) is 16.5 Å². The molecule has 8 nitrogen and oxygen atoms in total. The molecule has 1 aromatic rings. The molecule has 9 heteroatoms. The number of anilines is 1. The van der Waals surface area contributed by atoms with Crippen molar-refractivity contribution in [2.24, 2.45) is 0 Å². The molecular formula is C12H14ClN3O5. The van der Waals surface area contributed by atoms with E-state index in [0.717, 1.165) is 0 Å². The second-order valence-corrected chi connectivity index (χ2v) is 4.26. The molecule has 0 aliphatic heterocycles. The first-order chi connectivity index (χ1) is 9.92. The summed E-state index contributed by atoms with van der Waals surface area (Å²) in [6.07, 6.45) is 0. The van der Waals surface area contributed by atoms with Crippen molar-refractivity contribution < 1.29 is 24.2 Å². The lowest BCUT2D eigenvalue weighted by molar-refractivity contribution is -0.137. The van der Waals surface area contributed by atoms with E-state index in [1.807, 2.05) is 0 Å². The zero-order valence-corrected chi connectivity index (χ0v) is 11.9. The number of nitrogens with one attached hydrogen (secondary N) is 3. The quantitative estimate of drug-likeness (QED) is 0.615. The van der Waals surface area contributed by atoms with Crippen LogP contribution < -0.4 is 20.7 Å². The molecule has 0 spiro atoms. The van der Waals surface area contributed by atoms with Gasteiger partial charge in [-0.25, -0.2) is 4.79 Å². The standard InChI is InChI=1S/C12H14ClN3O5/c1-21-9-3-2-7(13)4-8(9)16-12(20)15-5-10(17)14-6-11(18)19/h2-4H,5-6H2,1H3,(H,14,17)(H,18,19)(H2,15,16,20). The number of hydrogen-bond donors (Lipinski definition) is 4. The summed E-state index contributed by atoms with van der Waals surface area (Å²) >= 11 is 5.81. The molecule has 0 radical (unpaired) electrons. The molecule has 0 aliphatic carbocycles. The summed E-state index contributed by atoms with van der Waals surface area (Å²) in [4.78, 5) is 33.1. The number of ether oxygens (including phenoxy) is 1.